The third-order valence-electron chi connectivity index (χ3n) is 5.17. The van der Waals surface area contributed by atoms with Crippen LogP contribution in [0.15, 0.2) is 42.5 Å². The van der Waals surface area contributed by atoms with Crippen molar-refractivity contribution >= 4 is 34.6 Å². The molecule has 2 aliphatic heterocycles. The van der Waals surface area contributed by atoms with Crippen LogP contribution in [0.4, 0.5) is 17.1 Å². The summed E-state index contributed by atoms with van der Waals surface area (Å²) in [5.41, 5.74) is 3.51. The summed E-state index contributed by atoms with van der Waals surface area (Å²) < 4.78 is 5.46. The minimum Gasteiger partial charge on any atom is -0.378 e. The van der Waals surface area contributed by atoms with Gasteiger partial charge in [-0.15, -0.1) is 0 Å². The molecule has 0 aliphatic carbocycles. The van der Waals surface area contributed by atoms with Crippen molar-refractivity contribution in [3.8, 4) is 0 Å². The van der Waals surface area contributed by atoms with E-state index in [1.54, 1.807) is 12.1 Å². The Kier molecular flexibility index (Phi) is 5.50. The van der Waals surface area contributed by atoms with Crippen molar-refractivity contribution in [3.63, 3.8) is 0 Å². The number of nitrogens with one attached hydrogen (secondary N) is 1. The number of halogens is 1. The van der Waals surface area contributed by atoms with E-state index in [4.69, 9.17) is 16.3 Å². The number of benzene rings is 2. The molecule has 0 aromatic heterocycles. The number of anilines is 3. The molecule has 0 atom stereocenters. The first-order valence-electron chi connectivity index (χ1n) is 9.50. The highest BCUT2D eigenvalue weighted by atomic mass is 35.5. The number of amides is 1. The van der Waals surface area contributed by atoms with Gasteiger partial charge in [-0.1, -0.05) is 23.7 Å². The van der Waals surface area contributed by atoms with Crippen LogP contribution in [0.2, 0.25) is 5.02 Å². The molecule has 0 saturated carbocycles. The maximum atomic E-state index is 12.8. The van der Waals surface area contributed by atoms with Gasteiger partial charge in [0.25, 0.3) is 5.91 Å². The standard InChI is InChI=1S/C21H24ClN3O2/c22-18-6-2-1-5-17(18)21(26)23-19-15-16(24-11-13-27-14-12-24)7-8-20(19)25-9-3-4-10-25/h1-2,5-8,15H,3-4,9-14H2,(H,23,26). The van der Waals surface area contributed by atoms with Gasteiger partial charge in [0.05, 0.1) is 35.2 Å². The minimum atomic E-state index is -0.180. The van der Waals surface area contributed by atoms with Crippen LogP contribution in [-0.4, -0.2) is 45.3 Å². The lowest BCUT2D eigenvalue weighted by Crippen LogP contribution is -2.36. The Balaban J connectivity index is 1.64. The summed E-state index contributed by atoms with van der Waals surface area (Å²) in [6.45, 7) is 5.23. The predicted octanol–water partition coefficient (Wildman–Crippen LogP) is 4.03. The summed E-state index contributed by atoms with van der Waals surface area (Å²) in [5, 5.41) is 3.56. The summed E-state index contributed by atoms with van der Waals surface area (Å²) in [6, 6.07) is 13.5. The van der Waals surface area contributed by atoms with Gasteiger partial charge in [-0.3, -0.25) is 4.79 Å². The highest BCUT2D eigenvalue weighted by molar-refractivity contribution is 6.34. The van der Waals surface area contributed by atoms with Gasteiger partial charge >= 0.3 is 0 Å². The SMILES string of the molecule is O=C(Nc1cc(N2CCOCC2)ccc1N1CCCC1)c1ccccc1Cl. The van der Waals surface area contributed by atoms with E-state index in [-0.39, 0.29) is 5.91 Å². The number of carbonyl (C=O) groups is 1. The number of morpholine rings is 1. The average Bonchev–Trinajstić information content (AvgIpc) is 3.23. The van der Waals surface area contributed by atoms with E-state index in [9.17, 15) is 4.79 Å². The van der Waals surface area contributed by atoms with E-state index in [0.29, 0.717) is 10.6 Å². The van der Waals surface area contributed by atoms with Gasteiger partial charge in [0.15, 0.2) is 0 Å². The fraction of sp³-hybridized carbons (Fsp3) is 0.381. The second-order valence-corrected chi connectivity index (χ2v) is 7.34. The normalized spacial score (nSPS) is 17.2. The minimum absolute atomic E-state index is 0.180. The van der Waals surface area contributed by atoms with Crippen molar-refractivity contribution in [1.82, 2.24) is 0 Å². The first-order valence-corrected chi connectivity index (χ1v) is 9.88. The van der Waals surface area contributed by atoms with Crippen LogP contribution in [0, 0.1) is 0 Å². The molecule has 1 N–H and O–H groups in total. The number of carbonyl (C=O) groups excluding carboxylic acids is 1. The summed E-state index contributed by atoms with van der Waals surface area (Å²) in [7, 11) is 0. The van der Waals surface area contributed by atoms with Crippen LogP contribution in [0.25, 0.3) is 0 Å². The Morgan fingerprint density at radius 1 is 0.963 bits per heavy atom. The van der Waals surface area contributed by atoms with E-state index in [1.807, 2.05) is 12.1 Å². The van der Waals surface area contributed by atoms with E-state index < -0.39 is 0 Å². The topological polar surface area (TPSA) is 44.8 Å². The van der Waals surface area contributed by atoms with Gasteiger partial charge in [-0.05, 0) is 43.2 Å². The second-order valence-electron chi connectivity index (χ2n) is 6.93. The van der Waals surface area contributed by atoms with Gasteiger partial charge in [0.2, 0.25) is 0 Å². The lowest BCUT2D eigenvalue weighted by molar-refractivity contribution is 0.102. The molecule has 2 fully saturated rings. The Morgan fingerprint density at radius 3 is 2.44 bits per heavy atom. The van der Waals surface area contributed by atoms with E-state index in [0.717, 1.165) is 56.5 Å². The van der Waals surface area contributed by atoms with Gasteiger partial charge in [-0.25, -0.2) is 0 Å². The quantitative estimate of drug-likeness (QED) is 0.863. The molecule has 2 aromatic carbocycles. The maximum absolute atomic E-state index is 12.8. The largest absolute Gasteiger partial charge is 0.378 e. The van der Waals surface area contributed by atoms with Gasteiger partial charge in [0.1, 0.15) is 0 Å². The van der Waals surface area contributed by atoms with Crippen LogP contribution in [0.3, 0.4) is 0 Å². The molecule has 5 nitrogen and oxygen atoms in total. The first-order chi connectivity index (χ1) is 13.2. The fourth-order valence-electron chi connectivity index (χ4n) is 3.71. The zero-order valence-electron chi connectivity index (χ0n) is 15.3. The van der Waals surface area contributed by atoms with E-state index in [1.165, 1.54) is 12.8 Å². The van der Waals surface area contributed by atoms with Crippen molar-refractivity contribution in [3.05, 3.63) is 53.1 Å². The van der Waals surface area contributed by atoms with Crippen molar-refractivity contribution < 1.29 is 9.53 Å². The summed E-state index contributed by atoms with van der Waals surface area (Å²) in [5.74, 6) is -0.180. The second kappa shape index (κ2) is 8.19. The molecule has 27 heavy (non-hydrogen) atoms. The van der Waals surface area contributed by atoms with Crippen molar-refractivity contribution in [2.24, 2.45) is 0 Å². The smallest absolute Gasteiger partial charge is 0.257 e. The Labute approximate surface area is 164 Å². The lowest BCUT2D eigenvalue weighted by Gasteiger charge is -2.30. The molecule has 0 radical (unpaired) electrons. The molecule has 4 rings (SSSR count). The molecule has 0 bridgehead atoms. The number of ether oxygens (including phenoxy) is 1. The van der Waals surface area contributed by atoms with Gasteiger partial charge in [-0.2, -0.15) is 0 Å². The Hall–Kier alpha value is -2.24. The Morgan fingerprint density at radius 2 is 1.70 bits per heavy atom. The molecule has 1 amide bonds. The van der Waals surface area contributed by atoms with Crippen molar-refractivity contribution in [1.29, 1.82) is 0 Å². The summed E-state index contributed by atoms with van der Waals surface area (Å²) >= 11 is 6.21. The molecule has 0 spiro atoms. The highest BCUT2D eigenvalue weighted by Gasteiger charge is 2.20. The zero-order valence-corrected chi connectivity index (χ0v) is 16.0. The third kappa shape index (κ3) is 4.04. The van der Waals surface area contributed by atoms with Crippen molar-refractivity contribution in [2.45, 2.75) is 12.8 Å². The van der Waals surface area contributed by atoms with Crippen LogP contribution < -0.4 is 15.1 Å². The molecule has 6 heteroatoms. The van der Waals surface area contributed by atoms with E-state index in [2.05, 4.69) is 33.3 Å². The average molecular weight is 386 g/mol. The van der Waals surface area contributed by atoms with Gasteiger partial charge in [0, 0.05) is 31.9 Å². The summed E-state index contributed by atoms with van der Waals surface area (Å²) in [4.78, 5) is 17.5. The molecule has 142 valence electrons. The van der Waals surface area contributed by atoms with Crippen LogP contribution >= 0.6 is 11.6 Å². The monoisotopic (exact) mass is 385 g/mol. The number of hydrogen-bond donors (Lipinski definition) is 1. The lowest BCUT2D eigenvalue weighted by atomic mass is 10.1. The molecule has 0 unspecified atom stereocenters. The molecule has 2 aliphatic rings. The molecule has 2 aromatic rings. The zero-order chi connectivity index (χ0) is 18.6. The number of nitrogens with zero attached hydrogens (tertiary/aromatic N) is 2. The summed E-state index contributed by atoms with van der Waals surface area (Å²) in [6.07, 6.45) is 2.37. The van der Waals surface area contributed by atoms with Gasteiger partial charge < -0.3 is 19.9 Å². The number of rotatable bonds is 4. The van der Waals surface area contributed by atoms with Crippen molar-refractivity contribution in [2.75, 3.05) is 54.5 Å². The molecule has 2 saturated heterocycles. The highest BCUT2D eigenvalue weighted by Crippen LogP contribution is 2.34. The van der Waals surface area contributed by atoms with E-state index >= 15 is 0 Å². The fourth-order valence-corrected chi connectivity index (χ4v) is 3.93. The molecular weight excluding hydrogens is 362 g/mol. The molecular formula is C21H24ClN3O2. The van der Waals surface area contributed by atoms with Crippen LogP contribution in [-0.2, 0) is 4.74 Å². The maximum Gasteiger partial charge on any atom is 0.257 e. The first kappa shape index (κ1) is 18.1. The predicted molar refractivity (Wildman–Crippen MR) is 110 cm³/mol. The van der Waals surface area contributed by atoms with Crippen LogP contribution in [0.1, 0.15) is 23.2 Å². The Bertz CT molecular complexity index is 815. The third-order valence-corrected chi connectivity index (χ3v) is 5.50. The number of hydrogen-bond acceptors (Lipinski definition) is 4. The van der Waals surface area contributed by atoms with Crippen LogP contribution in [0.5, 0.6) is 0 Å². The molecule has 2 heterocycles.